The first-order valence-corrected chi connectivity index (χ1v) is 9.78. The van der Waals surface area contributed by atoms with Gasteiger partial charge in [-0.05, 0) is 55.3 Å². The van der Waals surface area contributed by atoms with Gasteiger partial charge in [-0.25, -0.2) is 17.2 Å². The zero-order valence-corrected chi connectivity index (χ0v) is 16.1. The van der Waals surface area contributed by atoms with Crippen molar-refractivity contribution < 1.29 is 17.2 Å². The Bertz CT molecular complexity index is 963. The number of hydrogen-bond donors (Lipinski definition) is 0. The molecule has 0 aliphatic rings. The van der Waals surface area contributed by atoms with Crippen molar-refractivity contribution in [3.8, 4) is 0 Å². The summed E-state index contributed by atoms with van der Waals surface area (Å²) in [6, 6.07) is 6.56. The second-order valence-electron chi connectivity index (χ2n) is 5.99. The van der Waals surface area contributed by atoms with E-state index in [0.29, 0.717) is 5.02 Å². The van der Waals surface area contributed by atoms with E-state index in [9.17, 15) is 17.2 Å². The fourth-order valence-corrected chi connectivity index (χ4v) is 4.50. The van der Waals surface area contributed by atoms with Crippen molar-refractivity contribution in [2.24, 2.45) is 5.11 Å². The lowest BCUT2D eigenvalue weighted by molar-refractivity contribution is 0.536. The number of halogens is 3. The average Bonchev–Trinajstić information content (AvgIpc) is 2.58. The summed E-state index contributed by atoms with van der Waals surface area (Å²) in [5.41, 5.74) is 8.13. The molecule has 0 heterocycles. The van der Waals surface area contributed by atoms with Gasteiger partial charge in [0.05, 0.1) is 10.6 Å². The molecule has 27 heavy (non-hydrogen) atoms. The molecule has 0 saturated heterocycles. The molecular formula is C17H17ClF2N4O2S. The first-order chi connectivity index (χ1) is 12.7. The Morgan fingerprint density at radius 2 is 1.81 bits per heavy atom. The third kappa shape index (κ3) is 4.88. The van der Waals surface area contributed by atoms with Gasteiger partial charge >= 0.3 is 0 Å². The summed E-state index contributed by atoms with van der Waals surface area (Å²) in [4.78, 5) is 2.56. The van der Waals surface area contributed by atoms with Gasteiger partial charge in [-0.15, -0.1) is 0 Å². The smallest absolute Gasteiger partial charge is 0.260 e. The first-order valence-electron chi connectivity index (χ1n) is 7.96. The van der Waals surface area contributed by atoms with Crippen LogP contribution in [0.1, 0.15) is 20.3 Å². The number of azide groups is 1. The molecule has 0 aromatic heterocycles. The molecule has 0 aliphatic carbocycles. The number of anilines is 1. The van der Waals surface area contributed by atoms with E-state index in [1.54, 1.807) is 6.92 Å². The van der Waals surface area contributed by atoms with Crippen molar-refractivity contribution >= 4 is 27.3 Å². The van der Waals surface area contributed by atoms with Crippen molar-refractivity contribution in [1.29, 1.82) is 0 Å². The summed E-state index contributed by atoms with van der Waals surface area (Å²) in [5, 5.41) is 3.86. The van der Waals surface area contributed by atoms with Crippen LogP contribution < -0.4 is 4.31 Å². The van der Waals surface area contributed by atoms with Gasteiger partial charge in [0.15, 0.2) is 0 Å². The minimum atomic E-state index is -4.24. The maximum Gasteiger partial charge on any atom is 0.264 e. The molecule has 0 saturated carbocycles. The molecule has 0 spiro atoms. The van der Waals surface area contributed by atoms with Crippen LogP contribution in [0.25, 0.3) is 10.4 Å². The average molecular weight is 415 g/mol. The summed E-state index contributed by atoms with van der Waals surface area (Å²) in [6.07, 6.45) is 0.104. The number of benzene rings is 2. The van der Waals surface area contributed by atoms with Crippen LogP contribution in [-0.2, 0) is 10.0 Å². The van der Waals surface area contributed by atoms with Gasteiger partial charge in [0.2, 0.25) is 0 Å². The van der Waals surface area contributed by atoms with Gasteiger partial charge in [0.1, 0.15) is 11.6 Å². The maximum absolute atomic E-state index is 14.4. The van der Waals surface area contributed by atoms with E-state index in [2.05, 4.69) is 10.0 Å². The predicted molar refractivity (Wildman–Crippen MR) is 100 cm³/mol. The molecule has 0 radical (unpaired) electrons. The molecule has 2 atom stereocenters. The molecule has 2 aromatic carbocycles. The fourth-order valence-electron chi connectivity index (χ4n) is 2.70. The molecule has 2 rings (SSSR count). The van der Waals surface area contributed by atoms with Gasteiger partial charge in [0.25, 0.3) is 10.0 Å². The highest BCUT2D eigenvalue weighted by Crippen LogP contribution is 2.31. The number of sulfonamides is 1. The Hall–Kier alpha value is -2.35. The van der Waals surface area contributed by atoms with Crippen LogP contribution in [0.15, 0.2) is 52.5 Å². The Morgan fingerprint density at radius 3 is 2.41 bits per heavy atom. The zero-order valence-electron chi connectivity index (χ0n) is 14.6. The Kier molecular flexibility index (Phi) is 6.64. The number of hydrogen-bond acceptors (Lipinski definition) is 3. The normalized spacial score (nSPS) is 13.5. The Morgan fingerprint density at radius 1 is 1.19 bits per heavy atom. The molecule has 0 bridgehead atoms. The summed E-state index contributed by atoms with van der Waals surface area (Å²) < 4.78 is 55.3. The van der Waals surface area contributed by atoms with Gasteiger partial charge in [-0.3, -0.25) is 4.31 Å². The second kappa shape index (κ2) is 8.56. The Balaban J connectivity index is 2.59. The Labute approximate surface area is 161 Å². The van der Waals surface area contributed by atoms with Crippen molar-refractivity contribution in [1.82, 2.24) is 0 Å². The van der Waals surface area contributed by atoms with Crippen LogP contribution in [0.3, 0.4) is 0 Å². The highest BCUT2D eigenvalue weighted by Gasteiger charge is 2.32. The van der Waals surface area contributed by atoms with E-state index in [4.69, 9.17) is 17.1 Å². The van der Waals surface area contributed by atoms with E-state index in [1.807, 2.05) is 0 Å². The van der Waals surface area contributed by atoms with Crippen LogP contribution in [0, 0.1) is 11.6 Å². The minimum Gasteiger partial charge on any atom is -0.260 e. The molecular weight excluding hydrogens is 398 g/mol. The molecule has 0 amide bonds. The topological polar surface area (TPSA) is 86.1 Å². The van der Waals surface area contributed by atoms with Crippen molar-refractivity contribution in [3.63, 3.8) is 0 Å². The van der Waals surface area contributed by atoms with Crippen LogP contribution >= 0.6 is 11.6 Å². The lowest BCUT2D eigenvalue weighted by Crippen LogP contribution is -2.40. The quantitative estimate of drug-likeness (QED) is 0.350. The summed E-state index contributed by atoms with van der Waals surface area (Å²) in [5.74, 6) is -1.67. The third-order valence-corrected chi connectivity index (χ3v) is 6.04. The van der Waals surface area contributed by atoms with Gasteiger partial charge in [-0.1, -0.05) is 23.6 Å². The van der Waals surface area contributed by atoms with Gasteiger partial charge in [-0.2, -0.15) is 0 Å². The van der Waals surface area contributed by atoms with Crippen molar-refractivity contribution in [2.75, 3.05) is 4.31 Å². The molecule has 1 unspecified atom stereocenters. The largest absolute Gasteiger partial charge is 0.264 e. The second-order valence-corrected chi connectivity index (χ2v) is 8.24. The SMILES string of the molecule is CC(C[C@@H](C)N(c1cc(F)ccc1F)S(=O)(=O)c1ccc(Cl)cc1)N=[N+]=[N-]. The van der Waals surface area contributed by atoms with E-state index in [0.717, 1.165) is 22.5 Å². The van der Waals surface area contributed by atoms with E-state index in [-0.39, 0.29) is 11.3 Å². The molecule has 2 aromatic rings. The maximum atomic E-state index is 14.4. The number of rotatable bonds is 7. The monoisotopic (exact) mass is 414 g/mol. The lowest BCUT2D eigenvalue weighted by Gasteiger charge is -2.31. The predicted octanol–water partition coefficient (Wildman–Crippen LogP) is 5.29. The van der Waals surface area contributed by atoms with Crippen LogP contribution in [0.5, 0.6) is 0 Å². The third-order valence-electron chi connectivity index (χ3n) is 3.85. The standard InChI is InChI=1S/C17H17ClF2N4O2S/c1-11(22-23-21)9-12(2)24(17-10-14(19)5-8-16(17)20)27(25,26)15-6-3-13(18)4-7-15/h3-8,10-12H,9H2,1-2H3/t11?,12-/m1/s1. The molecule has 0 aliphatic heterocycles. The first kappa shape index (κ1) is 21.0. The highest BCUT2D eigenvalue weighted by atomic mass is 35.5. The van der Waals surface area contributed by atoms with Crippen molar-refractivity contribution in [3.05, 3.63) is 69.6 Å². The van der Waals surface area contributed by atoms with E-state index >= 15 is 0 Å². The van der Waals surface area contributed by atoms with Gasteiger partial charge < -0.3 is 0 Å². The molecule has 0 N–H and O–H groups in total. The summed E-state index contributed by atoms with van der Waals surface area (Å²) in [7, 11) is -4.24. The zero-order chi connectivity index (χ0) is 20.2. The molecule has 10 heteroatoms. The van der Waals surface area contributed by atoms with Crippen LogP contribution in [-0.4, -0.2) is 20.5 Å². The van der Waals surface area contributed by atoms with Crippen molar-refractivity contribution in [2.45, 2.75) is 37.2 Å². The van der Waals surface area contributed by atoms with Crippen LogP contribution in [0.4, 0.5) is 14.5 Å². The summed E-state index contributed by atoms with van der Waals surface area (Å²) >= 11 is 5.81. The number of nitrogens with zero attached hydrogens (tertiary/aromatic N) is 4. The minimum absolute atomic E-state index is 0.104. The molecule has 0 fully saturated rings. The van der Waals surface area contributed by atoms with E-state index in [1.165, 1.54) is 31.2 Å². The van der Waals surface area contributed by atoms with Gasteiger partial charge in [0, 0.05) is 28.1 Å². The summed E-state index contributed by atoms with van der Waals surface area (Å²) in [6.45, 7) is 3.13. The fraction of sp³-hybridized carbons (Fsp3) is 0.294. The highest BCUT2D eigenvalue weighted by molar-refractivity contribution is 7.92. The lowest BCUT2D eigenvalue weighted by atomic mass is 10.1. The van der Waals surface area contributed by atoms with Crippen LogP contribution in [0.2, 0.25) is 5.02 Å². The molecule has 144 valence electrons. The molecule has 6 nitrogen and oxygen atoms in total. The van der Waals surface area contributed by atoms with E-state index < -0.39 is 39.4 Å².